The zero-order valence-electron chi connectivity index (χ0n) is 11.5. The van der Waals surface area contributed by atoms with Crippen molar-refractivity contribution in [3.05, 3.63) is 54.1 Å². The smallest absolute Gasteiger partial charge is 0.242 e. The van der Waals surface area contributed by atoms with Crippen LogP contribution in [0.2, 0.25) is 0 Å². The first-order chi connectivity index (χ1) is 9.91. The summed E-state index contributed by atoms with van der Waals surface area (Å²) in [6.07, 6.45) is 3.86. The predicted molar refractivity (Wildman–Crippen MR) is 78.6 cm³/mol. The maximum absolute atomic E-state index is 13.4. The Morgan fingerprint density at radius 3 is 2.52 bits per heavy atom. The summed E-state index contributed by atoms with van der Waals surface area (Å²) in [4.78, 5) is 3.80. The highest BCUT2D eigenvalue weighted by molar-refractivity contribution is 7.89. The van der Waals surface area contributed by atoms with Crippen LogP contribution in [-0.2, 0) is 16.4 Å². The molecule has 5 nitrogen and oxygen atoms in total. The van der Waals surface area contributed by atoms with E-state index >= 15 is 0 Å². The van der Waals surface area contributed by atoms with Crippen LogP contribution in [-0.4, -0.2) is 31.3 Å². The largest absolute Gasteiger partial charge is 0.396 e. The van der Waals surface area contributed by atoms with E-state index in [9.17, 15) is 12.8 Å². The fourth-order valence-electron chi connectivity index (χ4n) is 1.80. The van der Waals surface area contributed by atoms with Crippen molar-refractivity contribution < 1.29 is 12.8 Å². The number of sulfonamides is 1. The van der Waals surface area contributed by atoms with Crippen LogP contribution in [0.3, 0.4) is 0 Å². The highest BCUT2D eigenvalue weighted by Gasteiger charge is 2.21. The summed E-state index contributed by atoms with van der Waals surface area (Å²) in [6.45, 7) is 0.290. The number of anilines is 1. The summed E-state index contributed by atoms with van der Waals surface area (Å²) in [7, 11) is -2.26. The van der Waals surface area contributed by atoms with Gasteiger partial charge in [0.25, 0.3) is 0 Å². The monoisotopic (exact) mass is 309 g/mol. The Bertz CT molecular complexity index is 720. The molecule has 0 unspecified atom stereocenters. The van der Waals surface area contributed by atoms with Gasteiger partial charge in [-0.2, -0.15) is 0 Å². The minimum absolute atomic E-state index is 0.0756. The number of nitrogen functional groups attached to an aromatic ring is 1. The van der Waals surface area contributed by atoms with Gasteiger partial charge in [0.05, 0.1) is 10.6 Å². The number of halogens is 1. The second-order valence-electron chi connectivity index (χ2n) is 4.62. The lowest BCUT2D eigenvalue weighted by Gasteiger charge is -2.17. The number of likely N-dealkylation sites (N-methyl/N-ethyl adjacent to an activating group) is 1. The Kier molecular flexibility index (Phi) is 4.54. The molecular weight excluding hydrogens is 293 g/mol. The van der Waals surface area contributed by atoms with Crippen LogP contribution in [0.15, 0.2) is 47.6 Å². The maximum atomic E-state index is 13.4. The third kappa shape index (κ3) is 3.56. The van der Waals surface area contributed by atoms with Crippen LogP contribution < -0.4 is 5.73 Å². The van der Waals surface area contributed by atoms with Crippen molar-refractivity contribution >= 4 is 15.7 Å². The van der Waals surface area contributed by atoms with Gasteiger partial charge in [-0.1, -0.05) is 0 Å². The van der Waals surface area contributed by atoms with Crippen LogP contribution in [0.25, 0.3) is 0 Å². The molecule has 0 radical (unpaired) electrons. The summed E-state index contributed by atoms with van der Waals surface area (Å²) >= 11 is 0. The van der Waals surface area contributed by atoms with Gasteiger partial charge in [-0.15, -0.1) is 0 Å². The van der Waals surface area contributed by atoms with E-state index in [1.807, 2.05) is 12.1 Å². The minimum atomic E-state index is -3.73. The number of pyridine rings is 1. The Morgan fingerprint density at radius 2 is 1.90 bits per heavy atom. The zero-order valence-corrected chi connectivity index (χ0v) is 12.3. The van der Waals surface area contributed by atoms with Gasteiger partial charge in [0.15, 0.2) is 0 Å². The van der Waals surface area contributed by atoms with Crippen molar-refractivity contribution in [2.45, 2.75) is 11.3 Å². The minimum Gasteiger partial charge on any atom is -0.396 e. The molecule has 21 heavy (non-hydrogen) atoms. The van der Waals surface area contributed by atoms with Crippen LogP contribution in [0.1, 0.15) is 5.56 Å². The molecule has 2 rings (SSSR count). The summed E-state index contributed by atoms with van der Waals surface area (Å²) < 4.78 is 39.2. The van der Waals surface area contributed by atoms with Gasteiger partial charge in [0.2, 0.25) is 10.0 Å². The van der Waals surface area contributed by atoms with Crippen LogP contribution in [0.4, 0.5) is 10.1 Å². The summed E-state index contributed by atoms with van der Waals surface area (Å²) in [5, 5.41) is 0. The number of hydrogen-bond acceptors (Lipinski definition) is 4. The van der Waals surface area contributed by atoms with Crippen LogP contribution >= 0.6 is 0 Å². The van der Waals surface area contributed by atoms with Gasteiger partial charge in [0.1, 0.15) is 5.82 Å². The molecule has 112 valence electrons. The highest BCUT2D eigenvalue weighted by Crippen LogP contribution is 2.19. The molecule has 0 aliphatic heterocycles. The fraction of sp³-hybridized carbons (Fsp3) is 0.214. The second kappa shape index (κ2) is 6.19. The molecule has 7 heteroatoms. The molecule has 0 saturated heterocycles. The third-order valence-electron chi connectivity index (χ3n) is 3.14. The number of benzene rings is 1. The SMILES string of the molecule is CN(CCc1ccncc1)S(=O)(=O)c1ccc(N)c(F)c1. The molecule has 0 spiro atoms. The van der Waals surface area contributed by atoms with E-state index in [1.54, 1.807) is 12.4 Å². The van der Waals surface area contributed by atoms with E-state index in [0.717, 1.165) is 11.6 Å². The molecule has 0 aliphatic rings. The molecule has 1 aromatic carbocycles. The van der Waals surface area contributed by atoms with Gasteiger partial charge in [-0.25, -0.2) is 17.1 Å². The molecule has 1 heterocycles. The van der Waals surface area contributed by atoms with Crippen molar-refractivity contribution in [3.63, 3.8) is 0 Å². The van der Waals surface area contributed by atoms with E-state index in [2.05, 4.69) is 4.98 Å². The molecule has 0 saturated carbocycles. The van der Waals surface area contributed by atoms with E-state index in [0.29, 0.717) is 13.0 Å². The lowest BCUT2D eigenvalue weighted by atomic mass is 10.2. The lowest BCUT2D eigenvalue weighted by Crippen LogP contribution is -2.29. The first kappa shape index (κ1) is 15.4. The topological polar surface area (TPSA) is 76.3 Å². The normalized spacial score (nSPS) is 11.8. The van der Waals surface area contributed by atoms with E-state index < -0.39 is 15.8 Å². The summed E-state index contributed by atoms with van der Waals surface area (Å²) in [5.41, 5.74) is 6.26. The highest BCUT2D eigenvalue weighted by atomic mass is 32.2. The van der Waals surface area contributed by atoms with Gasteiger partial charge in [-0.05, 0) is 42.3 Å². The third-order valence-corrected chi connectivity index (χ3v) is 5.00. The predicted octanol–water partition coefficient (Wildman–Crippen LogP) is 1.67. The lowest BCUT2D eigenvalue weighted by molar-refractivity contribution is 0.471. The summed E-state index contributed by atoms with van der Waals surface area (Å²) in [5.74, 6) is -0.737. The number of aromatic nitrogens is 1. The van der Waals surface area contributed by atoms with Crippen molar-refractivity contribution in [2.75, 3.05) is 19.3 Å². The average molecular weight is 309 g/mol. The Hall–Kier alpha value is -1.99. The standard InChI is InChI=1S/C14H16FN3O2S/c1-18(9-6-11-4-7-17-8-5-11)21(19,20)12-2-3-14(16)13(15)10-12/h2-5,7-8,10H,6,9,16H2,1H3. The Labute approximate surface area is 123 Å². The molecule has 1 aromatic heterocycles. The van der Waals surface area contributed by atoms with Crippen molar-refractivity contribution in [3.8, 4) is 0 Å². The van der Waals surface area contributed by atoms with Gasteiger partial charge < -0.3 is 5.73 Å². The number of hydrogen-bond donors (Lipinski definition) is 1. The molecular formula is C14H16FN3O2S. The Morgan fingerprint density at radius 1 is 1.24 bits per heavy atom. The number of rotatable bonds is 5. The second-order valence-corrected chi connectivity index (χ2v) is 6.66. The molecule has 0 amide bonds. The van der Waals surface area contributed by atoms with E-state index in [-0.39, 0.29) is 10.6 Å². The van der Waals surface area contributed by atoms with Crippen molar-refractivity contribution in [2.24, 2.45) is 0 Å². The van der Waals surface area contributed by atoms with Gasteiger partial charge in [-0.3, -0.25) is 4.98 Å². The van der Waals surface area contributed by atoms with Crippen molar-refractivity contribution in [1.82, 2.24) is 9.29 Å². The zero-order chi connectivity index (χ0) is 15.5. The van der Waals surface area contributed by atoms with E-state index in [4.69, 9.17) is 5.73 Å². The first-order valence-corrected chi connectivity index (χ1v) is 7.75. The van der Waals surface area contributed by atoms with Gasteiger partial charge in [0, 0.05) is 26.0 Å². The van der Waals surface area contributed by atoms with Gasteiger partial charge >= 0.3 is 0 Å². The molecule has 2 aromatic rings. The first-order valence-electron chi connectivity index (χ1n) is 6.31. The number of nitrogens with two attached hydrogens (primary N) is 1. The average Bonchev–Trinajstić information content (AvgIpc) is 2.48. The molecule has 0 bridgehead atoms. The fourth-order valence-corrected chi connectivity index (χ4v) is 2.99. The maximum Gasteiger partial charge on any atom is 0.242 e. The molecule has 0 atom stereocenters. The Balaban J connectivity index is 2.13. The molecule has 2 N–H and O–H groups in total. The molecule has 0 aliphatic carbocycles. The molecule has 0 fully saturated rings. The number of nitrogens with zero attached hydrogens (tertiary/aromatic N) is 2. The summed E-state index contributed by atoms with van der Waals surface area (Å²) in [6, 6.07) is 7.13. The van der Waals surface area contributed by atoms with Crippen LogP contribution in [0, 0.1) is 5.82 Å². The van der Waals surface area contributed by atoms with Crippen LogP contribution in [0.5, 0.6) is 0 Å². The van der Waals surface area contributed by atoms with Crippen molar-refractivity contribution in [1.29, 1.82) is 0 Å². The van der Waals surface area contributed by atoms with E-state index in [1.165, 1.54) is 23.5 Å². The quantitative estimate of drug-likeness (QED) is 0.852.